The van der Waals surface area contributed by atoms with Crippen LogP contribution >= 0.6 is 46.0 Å². The highest BCUT2D eigenvalue weighted by molar-refractivity contribution is 14.1. The summed E-state index contributed by atoms with van der Waals surface area (Å²) in [5.74, 6) is -1.11. The van der Waals surface area contributed by atoms with Gasteiger partial charge in [0.1, 0.15) is 0 Å². The summed E-state index contributed by atoms with van der Waals surface area (Å²) in [6.07, 6.45) is 0. The van der Waals surface area contributed by atoms with Gasteiger partial charge in [0.2, 0.25) is 5.91 Å². The van der Waals surface area contributed by atoms with Crippen LogP contribution in [-0.4, -0.2) is 28.5 Å². The van der Waals surface area contributed by atoms with Gasteiger partial charge in [-0.3, -0.25) is 9.59 Å². The molecule has 1 aromatic rings. The number of benzene rings is 1. The third-order valence-corrected chi connectivity index (χ3v) is 3.71. The second kappa shape index (κ2) is 7.07. The number of amides is 1. The smallest absolute Gasteiger partial charge is 0.313 e. The molecule has 0 unspecified atom stereocenters. The fourth-order valence-corrected chi connectivity index (χ4v) is 2.55. The lowest BCUT2D eigenvalue weighted by molar-refractivity contribution is -0.133. The van der Waals surface area contributed by atoms with Crippen LogP contribution in [0.1, 0.15) is 0 Å². The number of aliphatic carboxylic acids is 1. The van der Waals surface area contributed by atoms with Gasteiger partial charge in [0.25, 0.3) is 0 Å². The van der Waals surface area contributed by atoms with Gasteiger partial charge in [0.05, 0.1) is 17.2 Å². The molecule has 4 nitrogen and oxygen atoms in total. The first-order valence-electron chi connectivity index (χ1n) is 4.53. The Morgan fingerprint density at radius 3 is 2.71 bits per heavy atom. The van der Waals surface area contributed by atoms with Crippen LogP contribution in [0, 0.1) is 3.57 Å². The Kier molecular flexibility index (Phi) is 6.07. The number of carbonyl (C=O) groups excluding carboxylic acids is 1. The van der Waals surface area contributed by atoms with Crippen molar-refractivity contribution in [2.45, 2.75) is 0 Å². The fourth-order valence-electron chi connectivity index (χ4n) is 1.01. The lowest BCUT2D eigenvalue weighted by atomic mass is 10.3. The van der Waals surface area contributed by atoms with Crippen molar-refractivity contribution in [1.82, 2.24) is 0 Å². The molecule has 0 saturated heterocycles. The highest BCUT2D eigenvalue weighted by Crippen LogP contribution is 2.22. The van der Waals surface area contributed by atoms with Gasteiger partial charge in [-0.1, -0.05) is 11.6 Å². The molecule has 0 aliphatic carbocycles. The predicted molar refractivity (Wildman–Crippen MR) is 77.8 cm³/mol. The van der Waals surface area contributed by atoms with E-state index in [1.807, 2.05) is 0 Å². The number of anilines is 1. The summed E-state index contributed by atoms with van der Waals surface area (Å²) in [4.78, 5) is 21.7. The van der Waals surface area contributed by atoms with Crippen LogP contribution in [0.2, 0.25) is 5.02 Å². The Labute approximate surface area is 121 Å². The minimum Gasteiger partial charge on any atom is -0.481 e. The van der Waals surface area contributed by atoms with Gasteiger partial charge in [0.15, 0.2) is 0 Å². The zero-order chi connectivity index (χ0) is 12.8. The molecule has 0 aromatic heterocycles. The normalized spacial score (nSPS) is 10.0. The van der Waals surface area contributed by atoms with Gasteiger partial charge in [-0.2, -0.15) is 0 Å². The molecule has 0 bridgehead atoms. The molecule has 0 heterocycles. The van der Waals surface area contributed by atoms with E-state index in [-0.39, 0.29) is 17.4 Å². The van der Waals surface area contributed by atoms with Crippen molar-refractivity contribution in [3.63, 3.8) is 0 Å². The highest BCUT2D eigenvalue weighted by atomic mass is 127. The van der Waals surface area contributed by atoms with Gasteiger partial charge < -0.3 is 10.4 Å². The first-order valence-corrected chi connectivity index (χ1v) is 7.14. The van der Waals surface area contributed by atoms with Gasteiger partial charge in [-0.25, -0.2) is 0 Å². The summed E-state index contributed by atoms with van der Waals surface area (Å²) in [5.41, 5.74) is 0.677. The summed E-state index contributed by atoms with van der Waals surface area (Å²) < 4.78 is 0.840. The monoisotopic (exact) mass is 385 g/mol. The summed E-state index contributed by atoms with van der Waals surface area (Å²) in [7, 11) is 0. The molecule has 0 radical (unpaired) electrons. The van der Waals surface area contributed by atoms with Crippen LogP contribution in [-0.2, 0) is 9.59 Å². The number of halogens is 2. The molecule has 0 spiro atoms. The number of carboxylic acids is 1. The van der Waals surface area contributed by atoms with E-state index in [0.29, 0.717) is 10.7 Å². The minimum absolute atomic E-state index is 0.0782. The Bertz CT molecular complexity index is 442. The second-order valence-corrected chi connectivity index (χ2v) is 5.64. The zero-order valence-electron chi connectivity index (χ0n) is 8.57. The van der Waals surface area contributed by atoms with E-state index in [4.69, 9.17) is 16.7 Å². The maximum atomic E-state index is 11.5. The average molecular weight is 386 g/mol. The number of carbonyl (C=O) groups is 2. The Morgan fingerprint density at radius 2 is 2.12 bits per heavy atom. The van der Waals surface area contributed by atoms with Gasteiger partial charge in [0, 0.05) is 8.59 Å². The van der Waals surface area contributed by atoms with E-state index in [0.717, 1.165) is 15.3 Å². The number of hydrogen-bond donors (Lipinski definition) is 2. The minimum atomic E-state index is -0.927. The van der Waals surface area contributed by atoms with E-state index in [1.165, 1.54) is 0 Å². The zero-order valence-corrected chi connectivity index (χ0v) is 12.3. The van der Waals surface area contributed by atoms with Crippen LogP contribution in [0.4, 0.5) is 5.69 Å². The van der Waals surface area contributed by atoms with E-state index in [9.17, 15) is 9.59 Å². The molecule has 0 aliphatic rings. The first kappa shape index (κ1) is 14.6. The van der Waals surface area contributed by atoms with E-state index < -0.39 is 5.97 Å². The lowest BCUT2D eigenvalue weighted by Gasteiger charge is -2.07. The number of carboxylic acid groups (broad SMARTS) is 1. The SMILES string of the molecule is O=C(O)CSCC(=O)Nc1ccc(Cl)cc1I. The molecule has 0 fully saturated rings. The fraction of sp³-hybridized carbons (Fsp3) is 0.200. The van der Waals surface area contributed by atoms with Crippen LogP contribution in [0.3, 0.4) is 0 Å². The van der Waals surface area contributed by atoms with Crippen molar-refractivity contribution in [3.05, 3.63) is 26.8 Å². The van der Waals surface area contributed by atoms with Gasteiger partial charge in [-0.05, 0) is 40.8 Å². The first-order chi connectivity index (χ1) is 7.99. The highest BCUT2D eigenvalue weighted by Gasteiger charge is 2.07. The third-order valence-electron chi connectivity index (χ3n) is 1.66. The standard InChI is InChI=1S/C10H9ClINO3S/c11-6-1-2-8(7(12)3-6)13-9(14)4-17-5-10(15)16/h1-3H,4-5H2,(H,13,14)(H,15,16). The van der Waals surface area contributed by atoms with Gasteiger partial charge in [-0.15, -0.1) is 11.8 Å². The van der Waals surface area contributed by atoms with E-state index in [1.54, 1.807) is 18.2 Å². The van der Waals surface area contributed by atoms with Crippen molar-refractivity contribution in [3.8, 4) is 0 Å². The summed E-state index contributed by atoms with van der Waals surface area (Å²) in [5, 5.41) is 11.7. The van der Waals surface area contributed by atoms with Gasteiger partial charge >= 0.3 is 5.97 Å². The molecule has 7 heteroatoms. The quantitative estimate of drug-likeness (QED) is 0.765. The Balaban J connectivity index is 2.48. The predicted octanol–water partition coefficient (Wildman–Crippen LogP) is 2.70. The molecule has 92 valence electrons. The van der Waals surface area contributed by atoms with Crippen LogP contribution in [0.15, 0.2) is 18.2 Å². The number of hydrogen-bond acceptors (Lipinski definition) is 3. The molecule has 0 aliphatic heterocycles. The molecule has 1 amide bonds. The molecule has 1 aromatic carbocycles. The number of nitrogens with one attached hydrogen (secondary N) is 1. The lowest BCUT2D eigenvalue weighted by Crippen LogP contribution is -2.16. The van der Waals surface area contributed by atoms with Crippen LogP contribution in [0.25, 0.3) is 0 Å². The molecule has 0 atom stereocenters. The molecule has 1 rings (SSSR count). The molecular formula is C10H9ClINO3S. The molecule has 0 saturated carbocycles. The Morgan fingerprint density at radius 1 is 1.41 bits per heavy atom. The van der Waals surface area contributed by atoms with Crippen molar-refractivity contribution in [2.75, 3.05) is 16.8 Å². The van der Waals surface area contributed by atoms with E-state index in [2.05, 4.69) is 27.9 Å². The largest absolute Gasteiger partial charge is 0.481 e. The number of thioether (sulfide) groups is 1. The van der Waals surface area contributed by atoms with Crippen molar-refractivity contribution >= 4 is 63.5 Å². The molecule has 17 heavy (non-hydrogen) atoms. The topological polar surface area (TPSA) is 66.4 Å². The molecule has 2 N–H and O–H groups in total. The number of rotatable bonds is 5. The summed E-state index contributed by atoms with van der Waals surface area (Å²) in [6, 6.07) is 5.13. The second-order valence-electron chi connectivity index (χ2n) is 3.06. The van der Waals surface area contributed by atoms with Crippen LogP contribution in [0.5, 0.6) is 0 Å². The Hall–Kier alpha value is -0.470. The summed E-state index contributed by atoms with van der Waals surface area (Å²) >= 11 is 8.91. The van der Waals surface area contributed by atoms with Crippen molar-refractivity contribution in [1.29, 1.82) is 0 Å². The van der Waals surface area contributed by atoms with Crippen LogP contribution < -0.4 is 5.32 Å². The van der Waals surface area contributed by atoms with Crippen molar-refractivity contribution < 1.29 is 14.7 Å². The maximum Gasteiger partial charge on any atom is 0.313 e. The molecular weight excluding hydrogens is 377 g/mol. The summed E-state index contributed by atoms with van der Waals surface area (Å²) in [6.45, 7) is 0. The van der Waals surface area contributed by atoms with E-state index >= 15 is 0 Å². The maximum absolute atomic E-state index is 11.5. The average Bonchev–Trinajstić information content (AvgIpc) is 2.21. The third kappa shape index (κ3) is 5.60. The van der Waals surface area contributed by atoms with Crippen molar-refractivity contribution in [2.24, 2.45) is 0 Å².